The third kappa shape index (κ3) is 3.95. The largest absolute Gasteiger partial charge is 0.352 e. The van der Waals surface area contributed by atoms with Crippen molar-refractivity contribution in [2.45, 2.75) is 31.8 Å². The van der Waals surface area contributed by atoms with Crippen LogP contribution in [0.3, 0.4) is 0 Å². The minimum atomic E-state index is -0.743. The van der Waals surface area contributed by atoms with Crippen LogP contribution in [0.5, 0.6) is 0 Å². The van der Waals surface area contributed by atoms with Gasteiger partial charge in [-0.15, -0.1) is 0 Å². The van der Waals surface area contributed by atoms with Gasteiger partial charge in [-0.2, -0.15) is 0 Å². The molecule has 0 radical (unpaired) electrons. The van der Waals surface area contributed by atoms with Gasteiger partial charge in [-0.3, -0.25) is 9.78 Å². The third-order valence-electron chi connectivity index (χ3n) is 5.06. The van der Waals surface area contributed by atoms with Gasteiger partial charge in [-0.25, -0.2) is 8.78 Å². The van der Waals surface area contributed by atoms with E-state index in [0.717, 1.165) is 11.3 Å². The zero-order valence-electron chi connectivity index (χ0n) is 15.2. The van der Waals surface area contributed by atoms with Crippen LogP contribution in [0.25, 0.3) is 0 Å². The molecule has 5 nitrogen and oxygen atoms in total. The Kier molecular flexibility index (Phi) is 5.47. The van der Waals surface area contributed by atoms with Crippen LogP contribution in [-0.2, 0) is 30.7 Å². The Morgan fingerprint density at radius 3 is 2.97 bits per heavy atom. The highest BCUT2D eigenvalue weighted by Crippen LogP contribution is 2.36. The van der Waals surface area contributed by atoms with E-state index in [2.05, 4.69) is 15.3 Å². The number of pyridine rings is 1. The van der Waals surface area contributed by atoms with Crippen LogP contribution in [0, 0.1) is 16.4 Å². The van der Waals surface area contributed by atoms with Crippen LogP contribution in [0.15, 0.2) is 36.7 Å². The molecule has 2 N–H and O–H groups in total. The summed E-state index contributed by atoms with van der Waals surface area (Å²) < 4.78 is 30.9. The fourth-order valence-corrected chi connectivity index (χ4v) is 4.15. The molecule has 1 aromatic carbocycles. The number of nitrogens with zero attached hydrogens (tertiary/aromatic N) is 2. The molecular weight excluding hydrogens is 418 g/mol. The zero-order chi connectivity index (χ0) is 20.5. The van der Waals surface area contributed by atoms with Crippen molar-refractivity contribution in [3.63, 3.8) is 0 Å². The molecule has 2 aromatic heterocycles. The molecule has 1 amide bonds. The number of hydrogen-bond acceptors (Lipinski definition) is 3. The second-order valence-corrected chi connectivity index (χ2v) is 7.73. The zero-order valence-corrected chi connectivity index (χ0v) is 16.8. The molecule has 4 rings (SSSR count). The van der Waals surface area contributed by atoms with Gasteiger partial charge in [0.05, 0.1) is 11.4 Å². The fraction of sp³-hybridized carbons (Fsp3) is 0.250. The first kappa shape index (κ1) is 19.7. The molecule has 3 heterocycles. The van der Waals surface area contributed by atoms with Crippen molar-refractivity contribution in [2.75, 3.05) is 0 Å². The summed E-state index contributed by atoms with van der Waals surface area (Å²) in [5.74, 6) is -1.99. The lowest BCUT2D eigenvalue weighted by atomic mass is 9.95. The standard InChI is InChI=1S/C20H17ClF2N4OS/c21-13-3-4-14(22)18(19(13)23)12-6-16-15(26-20(29)27(16)10-12)7-17(28)25-9-11-2-1-5-24-8-11/h1-5,8,12H,6-7,9-10H2,(H,25,28)(H,26,29). The van der Waals surface area contributed by atoms with Gasteiger partial charge < -0.3 is 14.9 Å². The van der Waals surface area contributed by atoms with Gasteiger partial charge in [0.1, 0.15) is 11.6 Å². The minimum absolute atomic E-state index is 0.0393. The monoisotopic (exact) mass is 434 g/mol. The number of benzene rings is 1. The van der Waals surface area contributed by atoms with Crippen molar-refractivity contribution in [1.82, 2.24) is 19.9 Å². The van der Waals surface area contributed by atoms with Crippen molar-refractivity contribution >= 4 is 29.7 Å². The summed E-state index contributed by atoms with van der Waals surface area (Å²) in [6.45, 7) is 0.696. The number of H-pyrrole nitrogens is 1. The second-order valence-electron chi connectivity index (χ2n) is 6.94. The molecule has 150 valence electrons. The molecule has 0 fully saturated rings. The van der Waals surface area contributed by atoms with E-state index in [0.29, 0.717) is 30.0 Å². The van der Waals surface area contributed by atoms with Crippen LogP contribution in [-0.4, -0.2) is 20.4 Å². The molecule has 0 saturated heterocycles. The van der Waals surface area contributed by atoms with Gasteiger partial charge in [0.2, 0.25) is 5.91 Å². The van der Waals surface area contributed by atoms with E-state index < -0.39 is 17.6 Å². The molecule has 3 aromatic rings. The third-order valence-corrected chi connectivity index (χ3v) is 5.67. The number of halogens is 3. The Balaban J connectivity index is 1.50. The summed E-state index contributed by atoms with van der Waals surface area (Å²) in [7, 11) is 0. The number of carbonyl (C=O) groups excluding carboxylic acids is 1. The SMILES string of the molecule is O=C(Cc1[nH]c(=S)n2c1CC(c1c(F)ccc(Cl)c1F)C2)NCc1cccnc1. The summed E-state index contributed by atoms with van der Waals surface area (Å²) in [6.07, 6.45) is 3.81. The highest BCUT2D eigenvalue weighted by molar-refractivity contribution is 7.71. The van der Waals surface area contributed by atoms with Gasteiger partial charge in [-0.1, -0.05) is 17.7 Å². The number of rotatable bonds is 5. The summed E-state index contributed by atoms with van der Waals surface area (Å²) in [5, 5.41) is 2.72. The fourth-order valence-electron chi connectivity index (χ4n) is 3.68. The Hall–Kier alpha value is -2.58. The molecule has 0 aliphatic carbocycles. The number of aromatic nitrogens is 3. The van der Waals surface area contributed by atoms with Crippen molar-refractivity contribution in [2.24, 2.45) is 0 Å². The lowest BCUT2D eigenvalue weighted by Gasteiger charge is -2.13. The molecule has 1 aliphatic rings. The van der Waals surface area contributed by atoms with Gasteiger partial charge in [0.15, 0.2) is 4.77 Å². The Morgan fingerprint density at radius 2 is 2.21 bits per heavy atom. The summed E-state index contributed by atoms with van der Waals surface area (Å²) in [6, 6.07) is 6.04. The average molecular weight is 435 g/mol. The number of nitrogens with one attached hydrogen (secondary N) is 2. The predicted octanol–water partition coefficient (Wildman–Crippen LogP) is 4.07. The number of hydrogen-bond donors (Lipinski definition) is 2. The first-order valence-electron chi connectivity index (χ1n) is 9.03. The van der Waals surface area contributed by atoms with E-state index in [4.69, 9.17) is 23.8 Å². The molecule has 0 spiro atoms. The van der Waals surface area contributed by atoms with E-state index in [1.54, 1.807) is 23.0 Å². The lowest BCUT2D eigenvalue weighted by Crippen LogP contribution is -2.25. The average Bonchev–Trinajstić information content (AvgIpc) is 3.25. The van der Waals surface area contributed by atoms with Gasteiger partial charge in [-0.05, 0) is 42.4 Å². The van der Waals surface area contributed by atoms with E-state index in [1.807, 2.05) is 6.07 Å². The van der Waals surface area contributed by atoms with Crippen molar-refractivity contribution in [3.8, 4) is 0 Å². The topological polar surface area (TPSA) is 62.7 Å². The first-order chi connectivity index (χ1) is 13.9. The van der Waals surface area contributed by atoms with Gasteiger partial charge in [0.25, 0.3) is 0 Å². The van der Waals surface area contributed by atoms with Gasteiger partial charge in [0, 0.05) is 48.4 Å². The Labute approximate surface area is 175 Å². The molecule has 9 heteroatoms. The molecular formula is C20H17ClF2N4OS. The Morgan fingerprint density at radius 1 is 1.38 bits per heavy atom. The van der Waals surface area contributed by atoms with E-state index in [1.165, 1.54) is 12.1 Å². The van der Waals surface area contributed by atoms with Crippen molar-refractivity contribution in [3.05, 3.63) is 80.6 Å². The number of amides is 1. The number of carbonyl (C=O) groups is 1. The molecule has 1 aliphatic heterocycles. The number of imidazole rings is 1. The number of fused-ring (bicyclic) bond motifs is 1. The summed E-state index contributed by atoms with van der Waals surface area (Å²) in [5.41, 5.74) is 2.30. The van der Waals surface area contributed by atoms with E-state index in [9.17, 15) is 13.6 Å². The highest BCUT2D eigenvalue weighted by Gasteiger charge is 2.31. The van der Waals surface area contributed by atoms with Crippen LogP contribution >= 0.6 is 23.8 Å². The smallest absolute Gasteiger partial charge is 0.226 e. The normalized spacial score (nSPS) is 15.3. The maximum atomic E-state index is 14.4. The lowest BCUT2D eigenvalue weighted by molar-refractivity contribution is -0.120. The molecule has 29 heavy (non-hydrogen) atoms. The highest BCUT2D eigenvalue weighted by atomic mass is 35.5. The van der Waals surface area contributed by atoms with Crippen LogP contribution in [0.4, 0.5) is 8.78 Å². The maximum Gasteiger partial charge on any atom is 0.226 e. The number of aromatic amines is 1. The van der Waals surface area contributed by atoms with E-state index in [-0.39, 0.29) is 22.9 Å². The van der Waals surface area contributed by atoms with Crippen molar-refractivity contribution in [1.29, 1.82) is 0 Å². The Bertz CT molecular complexity index is 1130. The predicted molar refractivity (Wildman–Crippen MR) is 107 cm³/mol. The molecule has 1 unspecified atom stereocenters. The van der Waals surface area contributed by atoms with Gasteiger partial charge >= 0.3 is 0 Å². The van der Waals surface area contributed by atoms with Crippen LogP contribution in [0.2, 0.25) is 5.02 Å². The first-order valence-corrected chi connectivity index (χ1v) is 9.82. The van der Waals surface area contributed by atoms with E-state index >= 15 is 0 Å². The summed E-state index contributed by atoms with van der Waals surface area (Å²) in [4.78, 5) is 19.4. The molecule has 0 saturated carbocycles. The second kappa shape index (κ2) is 8.04. The summed E-state index contributed by atoms with van der Waals surface area (Å²) >= 11 is 11.2. The maximum absolute atomic E-state index is 14.4. The van der Waals surface area contributed by atoms with Crippen LogP contribution < -0.4 is 5.32 Å². The van der Waals surface area contributed by atoms with Crippen LogP contribution in [0.1, 0.15) is 28.4 Å². The molecule has 1 atom stereocenters. The quantitative estimate of drug-likeness (QED) is 0.470. The minimum Gasteiger partial charge on any atom is -0.352 e. The van der Waals surface area contributed by atoms with Crippen molar-refractivity contribution < 1.29 is 13.6 Å². The molecule has 0 bridgehead atoms.